The average Bonchev–Trinajstić information content (AvgIpc) is 2.37. The number of carbonyl (C=O) groups excluding carboxylic acids is 1. The normalized spacial score (nSPS) is 11.9. The van der Waals surface area contributed by atoms with Gasteiger partial charge in [-0.2, -0.15) is 0 Å². The van der Waals surface area contributed by atoms with Crippen molar-refractivity contribution in [3.63, 3.8) is 0 Å². The molecule has 1 rings (SSSR count). The van der Waals surface area contributed by atoms with Gasteiger partial charge in [0, 0.05) is 31.7 Å². The van der Waals surface area contributed by atoms with Crippen molar-refractivity contribution in [1.29, 1.82) is 0 Å². The number of hydrogen-bond donors (Lipinski definition) is 1. The van der Waals surface area contributed by atoms with Crippen LogP contribution in [-0.2, 0) is 14.8 Å². The van der Waals surface area contributed by atoms with E-state index in [1.807, 2.05) is 37.2 Å². The van der Waals surface area contributed by atoms with Gasteiger partial charge in [-0.05, 0) is 26.2 Å². The van der Waals surface area contributed by atoms with Gasteiger partial charge in [0.1, 0.15) is 0 Å². The zero-order chi connectivity index (χ0) is 15.9. The SMILES string of the molecule is CN(C)CCN(CCC(=O)Nc1ccccc1)S(C)(=O)=O. The zero-order valence-electron chi connectivity index (χ0n) is 12.7. The first kappa shape index (κ1) is 17.6. The molecule has 0 aliphatic carbocycles. The highest BCUT2D eigenvalue weighted by molar-refractivity contribution is 7.88. The van der Waals surface area contributed by atoms with Crippen LogP contribution in [-0.4, -0.2) is 63.5 Å². The molecule has 0 aliphatic rings. The standard InChI is InChI=1S/C14H23N3O3S/c1-16(2)11-12-17(21(3,19)20)10-9-14(18)15-13-7-5-4-6-8-13/h4-8H,9-12H2,1-3H3,(H,15,18). The molecule has 0 saturated carbocycles. The Labute approximate surface area is 126 Å². The summed E-state index contributed by atoms with van der Waals surface area (Å²) < 4.78 is 24.7. The molecule has 0 atom stereocenters. The molecular formula is C14H23N3O3S. The summed E-state index contributed by atoms with van der Waals surface area (Å²) in [7, 11) is 0.453. The number of anilines is 1. The van der Waals surface area contributed by atoms with E-state index in [2.05, 4.69) is 5.32 Å². The molecule has 6 nitrogen and oxygen atoms in total. The maximum atomic E-state index is 11.8. The third-order valence-electron chi connectivity index (χ3n) is 2.91. The van der Waals surface area contributed by atoms with Crippen LogP contribution in [0.3, 0.4) is 0 Å². The predicted molar refractivity (Wildman–Crippen MR) is 84.7 cm³/mol. The molecule has 1 aromatic rings. The topological polar surface area (TPSA) is 69.7 Å². The summed E-state index contributed by atoms with van der Waals surface area (Å²) in [5.41, 5.74) is 0.710. The predicted octanol–water partition coefficient (Wildman–Crippen LogP) is 0.838. The minimum atomic E-state index is -3.30. The molecule has 7 heteroatoms. The van der Waals surface area contributed by atoms with Gasteiger partial charge in [-0.1, -0.05) is 18.2 Å². The highest BCUT2D eigenvalue weighted by Gasteiger charge is 2.17. The van der Waals surface area contributed by atoms with Crippen molar-refractivity contribution in [2.45, 2.75) is 6.42 Å². The Morgan fingerprint density at radius 1 is 1.10 bits per heavy atom. The fraction of sp³-hybridized carbons (Fsp3) is 0.500. The summed E-state index contributed by atoms with van der Waals surface area (Å²) in [5.74, 6) is -0.195. The number of rotatable bonds is 8. The average molecular weight is 313 g/mol. The van der Waals surface area contributed by atoms with Gasteiger partial charge < -0.3 is 10.2 Å². The number of likely N-dealkylation sites (N-methyl/N-ethyl adjacent to an activating group) is 1. The van der Waals surface area contributed by atoms with E-state index in [0.717, 1.165) is 6.26 Å². The van der Waals surface area contributed by atoms with Crippen molar-refractivity contribution in [3.05, 3.63) is 30.3 Å². The molecule has 0 bridgehead atoms. The van der Waals surface area contributed by atoms with E-state index in [-0.39, 0.29) is 18.9 Å². The molecule has 0 aromatic heterocycles. The van der Waals surface area contributed by atoms with Crippen molar-refractivity contribution < 1.29 is 13.2 Å². The number of amides is 1. The van der Waals surface area contributed by atoms with Crippen LogP contribution in [0.5, 0.6) is 0 Å². The van der Waals surface area contributed by atoms with Crippen LogP contribution in [0.2, 0.25) is 0 Å². The number of hydrogen-bond acceptors (Lipinski definition) is 4. The first-order valence-corrected chi connectivity index (χ1v) is 8.58. The Balaban J connectivity index is 2.50. The molecule has 0 fully saturated rings. The molecule has 1 amide bonds. The van der Waals surface area contributed by atoms with E-state index in [1.54, 1.807) is 12.1 Å². The number of sulfonamides is 1. The third kappa shape index (κ3) is 7.22. The monoisotopic (exact) mass is 313 g/mol. The van der Waals surface area contributed by atoms with Crippen molar-refractivity contribution >= 4 is 21.6 Å². The summed E-state index contributed by atoms with van der Waals surface area (Å²) >= 11 is 0. The van der Waals surface area contributed by atoms with Gasteiger partial charge >= 0.3 is 0 Å². The van der Waals surface area contributed by atoms with Crippen LogP contribution < -0.4 is 5.32 Å². The molecule has 0 saturated heterocycles. The maximum Gasteiger partial charge on any atom is 0.225 e. The second-order valence-corrected chi connectivity index (χ2v) is 7.11. The lowest BCUT2D eigenvalue weighted by atomic mass is 10.3. The Morgan fingerprint density at radius 2 is 1.71 bits per heavy atom. The summed E-state index contributed by atoms with van der Waals surface area (Å²) in [6, 6.07) is 9.10. The first-order chi connectivity index (χ1) is 9.79. The quantitative estimate of drug-likeness (QED) is 0.772. The van der Waals surface area contributed by atoms with Gasteiger partial charge in [0.2, 0.25) is 15.9 Å². The van der Waals surface area contributed by atoms with Crippen LogP contribution in [0.25, 0.3) is 0 Å². The largest absolute Gasteiger partial charge is 0.326 e. The van der Waals surface area contributed by atoms with Gasteiger partial charge in [-0.15, -0.1) is 0 Å². The van der Waals surface area contributed by atoms with Crippen LogP contribution in [0.4, 0.5) is 5.69 Å². The molecule has 118 valence electrons. The van der Waals surface area contributed by atoms with Crippen LogP contribution in [0.15, 0.2) is 30.3 Å². The highest BCUT2D eigenvalue weighted by Crippen LogP contribution is 2.06. The Bertz CT molecular complexity index is 544. The number of nitrogens with one attached hydrogen (secondary N) is 1. The minimum absolute atomic E-state index is 0.134. The van der Waals surface area contributed by atoms with Gasteiger partial charge in [0.25, 0.3) is 0 Å². The zero-order valence-corrected chi connectivity index (χ0v) is 13.6. The fourth-order valence-corrected chi connectivity index (χ4v) is 2.56. The molecule has 0 spiro atoms. The maximum absolute atomic E-state index is 11.8. The van der Waals surface area contributed by atoms with Gasteiger partial charge in [0.05, 0.1) is 6.26 Å². The van der Waals surface area contributed by atoms with Gasteiger partial charge in [-0.3, -0.25) is 4.79 Å². The van der Waals surface area contributed by atoms with Crippen molar-refractivity contribution in [2.24, 2.45) is 0 Å². The summed E-state index contributed by atoms with van der Waals surface area (Å²) in [6.45, 7) is 1.18. The lowest BCUT2D eigenvalue weighted by Crippen LogP contribution is -2.37. The molecular weight excluding hydrogens is 290 g/mol. The second-order valence-electron chi connectivity index (χ2n) is 5.13. The van der Waals surface area contributed by atoms with Gasteiger partial charge in [-0.25, -0.2) is 12.7 Å². The van der Waals surface area contributed by atoms with Crippen LogP contribution in [0.1, 0.15) is 6.42 Å². The number of benzene rings is 1. The summed E-state index contributed by atoms with van der Waals surface area (Å²) in [6.07, 6.45) is 1.30. The highest BCUT2D eigenvalue weighted by atomic mass is 32.2. The molecule has 0 heterocycles. The van der Waals surface area contributed by atoms with Crippen molar-refractivity contribution in [2.75, 3.05) is 45.3 Å². The Kier molecular flexibility index (Phi) is 6.80. The molecule has 1 aromatic carbocycles. The molecule has 1 N–H and O–H groups in total. The van der Waals surface area contributed by atoms with Crippen LogP contribution in [0, 0.1) is 0 Å². The lowest BCUT2D eigenvalue weighted by Gasteiger charge is -2.21. The van der Waals surface area contributed by atoms with E-state index < -0.39 is 10.0 Å². The third-order valence-corrected chi connectivity index (χ3v) is 4.21. The van der Waals surface area contributed by atoms with Crippen molar-refractivity contribution in [1.82, 2.24) is 9.21 Å². The fourth-order valence-electron chi connectivity index (χ4n) is 1.73. The van der Waals surface area contributed by atoms with E-state index in [0.29, 0.717) is 18.8 Å². The smallest absolute Gasteiger partial charge is 0.225 e. The first-order valence-electron chi connectivity index (χ1n) is 6.74. The van der Waals surface area contributed by atoms with Crippen LogP contribution >= 0.6 is 0 Å². The summed E-state index contributed by atoms with van der Waals surface area (Å²) in [4.78, 5) is 13.7. The molecule has 0 unspecified atom stereocenters. The molecule has 0 aliphatic heterocycles. The van der Waals surface area contributed by atoms with Crippen molar-refractivity contribution in [3.8, 4) is 0 Å². The second kappa shape index (κ2) is 8.11. The lowest BCUT2D eigenvalue weighted by molar-refractivity contribution is -0.116. The number of nitrogens with zero attached hydrogens (tertiary/aromatic N) is 2. The Hall–Kier alpha value is -1.44. The minimum Gasteiger partial charge on any atom is -0.326 e. The molecule has 0 radical (unpaired) electrons. The number of para-hydroxylation sites is 1. The Morgan fingerprint density at radius 3 is 2.24 bits per heavy atom. The van der Waals surface area contributed by atoms with E-state index in [1.165, 1.54) is 4.31 Å². The number of carbonyl (C=O) groups is 1. The van der Waals surface area contributed by atoms with E-state index in [4.69, 9.17) is 0 Å². The molecule has 21 heavy (non-hydrogen) atoms. The summed E-state index contributed by atoms with van der Waals surface area (Å²) in [5, 5.41) is 2.74. The van der Waals surface area contributed by atoms with Gasteiger partial charge in [0.15, 0.2) is 0 Å². The van der Waals surface area contributed by atoms with E-state index in [9.17, 15) is 13.2 Å². The van der Waals surface area contributed by atoms with E-state index >= 15 is 0 Å².